The molecule has 1 N–H and O–H groups in total. The first kappa shape index (κ1) is 26.2. The van der Waals surface area contributed by atoms with Gasteiger partial charge < -0.3 is 18.7 Å². The molecule has 0 aromatic carbocycles. The number of nitrogens with zero attached hydrogens (tertiary/aromatic N) is 2. The fourth-order valence-corrected chi connectivity index (χ4v) is 1.28. The summed E-state index contributed by atoms with van der Waals surface area (Å²) in [4.78, 5) is 58.5. The number of halogens is 2. The van der Waals surface area contributed by atoms with Crippen molar-refractivity contribution >= 4 is 57.4 Å². The first-order valence-electron chi connectivity index (χ1n) is 7.18. The van der Waals surface area contributed by atoms with E-state index in [9.17, 15) is 39.4 Å². The fourth-order valence-electron chi connectivity index (χ4n) is 1.28. The van der Waals surface area contributed by atoms with E-state index in [0.717, 1.165) is 18.2 Å². The van der Waals surface area contributed by atoms with E-state index in [2.05, 4.69) is 36.8 Å². The van der Waals surface area contributed by atoms with Crippen LogP contribution >= 0.6 is 23.2 Å². The zero-order valence-electron chi connectivity index (χ0n) is 14.6. The molecule has 0 aliphatic rings. The van der Waals surface area contributed by atoms with E-state index in [1.807, 2.05) is 0 Å². The summed E-state index contributed by atoms with van der Waals surface area (Å²) >= 11 is 8.98. The van der Waals surface area contributed by atoms with Crippen LogP contribution in [0.3, 0.4) is 0 Å². The molecule has 2 aromatic heterocycles. The van der Waals surface area contributed by atoms with Crippen molar-refractivity contribution in [3.8, 4) is 0 Å². The van der Waals surface area contributed by atoms with E-state index in [4.69, 9.17) is 5.11 Å². The van der Waals surface area contributed by atoms with E-state index in [1.54, 1.807) is 6.92 Å². The van der Waals surface area contributed by atoms with Crippen LogP contribution < -0.4 is 0 Å². The van der Waals surface area contributed by atoms with Crippen LogP contribution in [-0.4, -0.2) is 44.0 Å². The monoisotopic (exact) mass is 468 g/mol. The van der Waals surface area contributed by atoms with Gasteiger partial charge in [0, 0.05) is 0 Å². The van der Waals surface area contributed by atoms with Gasteiger partial charge in [0.2, 0.25) is 11.5 Å². The molecule has 0 radical (unpaired) electrons. The number of carbonyl (C=O) groups excluding carboxylic acids is 3. The summed E-state index contributed by atoms with van der Waals surface area (Å²) in [5.41, 5.74) is 0. The largest absolute Gasteiger partial charge is 0.475 e. The minimum atomic E-state index is -1.32. The van der Waals surface area contributed by atoms with Crippen LogP contribution in [0.15, 0.2) is 33.1 Å². The molecule has 0 amide bonds. The van der Waals surface area contributed by atoms with Gasteiger partial charge in [-0.3, -0.25) is 29.8 Å². The Morgan fingerprint density at radius 1 is 0.933 bits per heavy atom. The third kappa shape index (κ3) is 9.43. The zero-order valence-corrected chi connectivity index (χ0v) is 16.1. The average Bonchev–Trinajstić information content (AvgIpc) is 3.33. The lowest BCUT2D eigenvalue weighted by molar-refractivity contribution is -0.402. The molecule has 0 bridgehead atoms. The fraction of sp³-hybridized carbons (Fsp3) is 0.143. The molecule has 162 valence electrons. The zero-order chi connectivity index (χ0) is 23.4. The first-order chi connectivity index (χ1) is 13.9. The highest BCUT2D eigenvalue weighted by Gasteiger charge is 2.17. The van der Waals surface area contributed by atoms with Gasteiger partial charge in [0.05, 0.1) is 18.7 Å². The van der Waals surface area contributed by atoms with Crippen LogP contribution in [0.2, 0.25) is 0 Å². The van der Waals surface area contributed by atoms with E-state index in [-0.39, 0.29) is 12.4 Å². The average molecular weight is 469 g/mol. The molecule has 2 heterocycles. The van der Waals surface area contributed by atoms with E-state index in [0.29, 0.717) is 0 Å². The lowest BCUT2D eigenvalue weighted by Gasteiger charge is -1.95. The molecule has 30 heavy (non-hydrogen) atoms. The molecule has 2 rings (SSSR count). The topological polar surface area (TPSA) is 210 Å². The van der Waals surface area contributed by atoms with Crippen LogP contribution in [0.1, 0.15) is 28.0 Å². The molecule has 0 spiro atoms. The number of carboxylic acid groups (broad SMARTS) is 1. The number of aromatic carboxylic acids is 1. The predicted molar refractivity (Wildman–Crippen MR) is 95.4 cm³/mol. The number of carboxylic acids is 1. The Balaban J connectivity index is 0.000000450. The van der Waals surface area contributed by atoms with Gasteiger partial charge in [0.15, 0.2) is 0 Å². The molecule has 14 nitrogen and oxygen atoms in total. The Labute approximate surface area is 175 Å². The van der Waals surface area contributed by atoms with Crippen LogP contribution in [-0.2, 0) is 14.3 Å². The van der Waals surface area contributed by atoms with Gasteiger partial charge in [-0.15, -0.1) is 0 Å². The Kier molecular flexibility index (Phi) is 11.0. The Morgan fingerprint density at radius 2 is 1.33 bits per heavy atom. The molecule has 0 fully saturated rings. The van der Waals surface area contributed by atoms with Crippen molar-refractivity contribution in [1.82, 2.24) is 0 Å². The number of rotatable bonds is 6. The maximum absolute atomic E-state index is 10.9. The molecular formula is C14H10Cl2N2O12. The predicted octanol–water partition coefficient (Wildman–Crippen LogP) is 2.77. The standard InChI is InChI=1S/C7H7NO5.C5H3NO5.C2Cl2O2/c1-2-12-7(9)5-3-4-6(13-5)8(10)11;7-5(8)3-1-2-4(11-3)6(9)10;3-1(5)2(4)6/h3-4H,2H2,1H3;1-2H,(H,7,8);. The molecule has 0 saturated carbocycles. The third-order valence-corrected chi connectivity index (χ3v) is 2.83. The van der Waals surface area contributed by atoms with Crippen molar-refractivity contribution in [2.75, 3.05) is 6.61 Å². The van der Waals surface area contributed by atoms with Crippen molar-refractivity contribution in [2.24, 2.45) is 0 Å². The highest BCUT2D eigenvalue weighted by molar-refractivity contribution is 6.97. The van der Waals surface area contributed by atoms with Gasteiger partial charge in [-0.05, 0) is 42.3 Å². The molecule has 2 aromatic rings. The van der Waals surface area contributed by atoms with Crippen LogP contribution in [0.25, 0.3) is 0 Å². The van der Waals surface area contributed by atoms with Crippen LogP contribution in [0.5, 0.6) is 0 Å². The van der Waals surface area contributed by atoms with Gasteiger partial charge in [0.25, 0.3) is 0 Å². The number of furan rings is 2. The van der Waals surface area contributed by atoms with Crippen molar-refractivity contribution in [3.05, 3.63) is 56.0 Å². The molecule has 16 heteroatoms. The number of hydrogen-bond donors (Lipinski definition) is 1. The Bertz CT molecular complexity index is 908. The lowest BCUT2D eigenvalue weighted by atomic mass is 10.4. The van der Waals surface area contributed by atoms with Gasteiger partial charge >= 0.3 is 34.2 Å². The molecule has 0 saturated heterocycles. The van der Waals surface area contributed by atoms with Crippen molar-refractivity contribution in [2.45, 2.75) is 6.92 Å². The molecule has 0 unspecified atom stereocenters. The minimum Gasteiger partial charge on any atom is -0.475 e. The van der Waals surface area contributed by atoms with Gasteiger partial charge in [-0.1, -0.05) is 0 Å². The maximum atomic E-state index is 10.9. The lowest BCUT2D eigenvalue weighted by Crippen LogP contribution is -2.02. The second kappa shape index (κ2) is 12.6. The summed E-state index contributed by atoms with van der Waals surface area (Å²) < 4.78 is 13.5. The smallest absolute Gasteiger partial charge is 0.433 e. The van der Waals surface area contributed by atoms with Crippen molar-refractivity contribution in [1.29, 1.82) is 0 Å². The maximum Gasteiger partial charge on any atom is 0.433 e. The van der Waals surface area contributed by atoms with E-state index >= 15 is 0 Å². The number of hydrogen-bond acceptors (Lipinski definition) is 11. The Hall–Kier alpha value is -3.78. The van der Waals surface area contributed by atoms with Crippen LogP contribution in [0.4, 0.5) is 11.8 Å². The van der Waals surface area contributed by atoms with Gasteiger partial charge in [-0.25, -0.2) is 9.59 Å². The minimum absolute atomic E-state index is 0.159. The summed E-state index contributed by atoms with van der Waals surface area (Å²) in [6, 6.07) is 4.33. The summed E-state index contributed by atoms with van der Waals surface area (Å²) in [5, 5.41) is 26.1. The summed E-state index contributed by atoms with van der Waals surface area (Å²) in [7, 11) is 0. The van der Waals surface area contributed by atoms with Crippen molar-refractivity contribution < 1.29 is 47.7 Å². The summed E-state index contributed by atoms with van der Waals surface area (Å²) in [5.74, 6) is -3.65. The second-order valence-corrected chi connectivity index (χ2v) is 5.05. The molecular weight excluding hydrogens is 459 g/mol. The van der Waals surface area contributed by atoms with Gasteiger partial charge in [-0.2, -0.15) is 0 Å². The third-order valence-electron chi connectivity index (χ3n) is 2.39. The van der Waals surface area contributed by atoms with Crippen LogP contribution in [0, 0.1) is 20.2 Å². The van der Waals surface area contributed by atoms with Gasteiger partial charge in [0.1, 0.15) is 9.85 Å². The highest BCUT2D eigenvalue weighted by Crippen LogP contribution is 2.16. The molecule has 0 atom stereocenters. The Morgan fingerprint density at radius 3 is 1.60 bits per heavy atom. The SMILES string of the molecule is CCOC(=O)c1ccc([N+](=O)[O-])o1.O=C(Cl)C(=O)Cl.O=C(O)c1ccc([N+](=O)[O-])o1. The summed E-state index contributed by atoms with van der Waals surface area (Å²) in [6.07, 6.45) is 0. The normalized spacial score (nSPS) is 9.17. The number of carbonyl (C=O) groups is 4. The number of ether oxygens (including phenoxy) is 1. The van der Waals surface area contributed by atoms with E-state index in [1.165, 1.54) is 6.07 Å². The van der Waals surface area contributed by atoms with Crippen molar-refractivity contribution in [3.63, 3.8) is 0 Å². The highest BCUT2D eigenvalue weighted by atomic mass is 35.5. The molecule has 0 aliphatic heterocycles. The first-order valence-corrected chi connectivity index (χ1v) is 7.94. The summed E-state index contributed by atoms with van der Waals surface area (Å²) in [6.45, 7) is 1.84. The second-order valence-electron chi connectivity index (χ2n) is 4.36. The molecule has 0 aliphatic carbocycles. The number of esters is 1. The quantitative estimate of drug-likeness (QED) is 0.213. The number of nitro groups is 2. The van der Waals surface area contributed by atoms with E-state index < -0.39 is 49.8 Å².